The molecule has 1 atom stereocenters. The second kappa shape index (κ2) is 4.43. The predicted molar refractivity (Wildman–Crippen MR) is 74.7 cm³/mol. The SMILES string of the molecule is CC(C)C1(Cc2coc3ccccc23)CCCN1. The Balaban J connectivity index is 1.96. The number of hydrogen-bond acceptors (Lipinski definition) is 2. The van der Waals surface area contributed by atoms with Gasteiger partial charge >= 0.3 is 0 Å². The van der Waals surface area contributed by atoms with Gasteiger partial charge in [0.15, 0.2) is 0 Å². The van der Waals surface area contributed by atoms with Crippen LogP contribution in [0.1, 0.15) is 32.3 Å². The predicted octanol–water partition coefficient (Wildman–Crippen LogP) is 3.75. The van der Waals surface area contributed by atoms with Gasteiger partial charge in [0.25, 0.3) is 0 Å². The van der Waals surface area contributed by atoms with E-state index < -0.39 is 0 Å². The van der Waals surface area contributed by atoms with Gasteiger partial charge in [-0.3, -0.25) is 0 Å². The largest absolute Gasteiger partial charge is 0.464 e. The Morgan fingerprint density at radius 1 is 1.33 bits per heavy atom. The fourth-order valence-corrected chi connectivity index (χ4v) is 3.19. The van der Waals surface area contributed by atoms with Crippen molar-refractivity contribution in [2.75, 3.05) is 6.54 Å². The Morgan fingerprint density at radius 2 is 2.17 bits per heavy atom. The fourth-order valence-electron chi connectivity index (χ4n) is 3.19. The van der Waals surface area contributed by atoms with E-state index in [1.165, 1.54) is 23.8 Å². The first-order valence-corrected chi connectivity index (χ1v) is 6.91. The van der Waals surface area contributed by atoms with Gasteiger partial charge < -0.3 is 9.73 Å². The third-order valence-electron chi connectivity index (χ3n) is 4.45. The molecule has 1 saturated heterocycles. The summed E-state index contributed by atoms with van der Waals surface area (Å²) >= 11 is 0. The maximum atomic E-state index is 5.66. The first kappa shape index (κ1) is 11.8. The molecule has 2 aromatic rings. The van der Waals surface area contributed by atoms with Crippen LogP contribution in [-0.4, -0.2) is 12.1 Å². The van der Waals surface area contributed by atoms with Crippen LogP contribution in [0.4, 0.5) is 0 Å². The lowest BCUT2D eigenvalue weighted by Crippen LogP contribution is -2.46. The molecule has 2 nitrogen and oxygen atoms in total. The topological polar surface area (TPSA) is 25.2 Å². The molecule has 1 N–H and O–H groups in total. The maximum absolute atomic E-state index is 5.66. The molecule has 1 unspecified atom stereocenters. The quantitative estimate of drug-likeness (QED) is 0.888. The van der Waals surface area contributed by atoms with Crippen LogP contribution < -0.4 is 5.32 Å². The second-order valence-corrected chi connectivity index (χ2v) is 5.78. The highest BCUT2D eigenvalue weighted by atomic mass is 16.3. The Kier molecular flexibility index (Phi) is 2.90. The lowest BCUT2D eigenvalue weighted by molar-refractivity contribution is 0.269. The van der Waals surface area contributed by atoms with E-state index in [0.29, 0.717) is 5.92 Å². The van der Waals surface area contributed by atoms with E-state index in [1.807, 2.05) is 18.4 Å². The minimum absolute atomic E-state index is 0.257. The zero-order valence-electron chi connectivity index (χ0n) is 11.2. The molecular formula is C16H21NO. The van der Waals surface area contributed by atoms with Gasteiger partial charge in [-0.2, -0.15) is 0 Å². The highest BCUT2D eigenvalue weighted by Gasteiger charge is 2.37. The summed E-state index contributed by atoms with van der Waals surface area (Å²) in [6, 6.07) is 8.33. The van der Waals surface area contributed by atoms with Crippen molar-refractivity contribution < 1.29 is 4.42 Å². The van der Waals surface area contributed by atoms with Crippen molar-refractivity contribution in [1.82, 2.24) is 5.32 Å². The van der Waals surface area contributed by atoms with Gasteiger partial charge in [-0.15, -0.1) is 0 Å². The fraction of sp³-hybridized carbons (Fsp3) is 0.500. The van der Waals surface area contributed by atoms with Crippen molar-refractivity contribution in [3.05, 3.63) is 36.1 Å². The van der Waals surface area contributed by atoms with Crippen LogP contribution in [0, 0.1) is 5.92 Å². The molecule has 0 saturated carbocycles. The zero-order valence-corrected chi connectivity index (χ0v) is 11.2. The number of furan rings is 1. The molecule has 1 aliphatic rings. The van der Waals surface area contributed by atoms with E-state index in [0.717, 1.165) is 18.5 Å². The molecule has 2 heteroatoms. The van der Waals surface area contributed by atoms with E-state index in [1.54, 1.807) is 0 Å². The van der Waals surface area contributed by atoms with Crippen LogP contribution in [0.3, 0.4) is 0 Å². The summed E-state index contributed by atoms with van der Waals surface area (Å²) in [6.45, 7) is 5.79. The molecule has 0 spiro atoms. The molecule has 1 aromatic heterocycles. The Bertz CT molecular complexity index is 535. The average Bonchev–Trinajstić information content (AvgIpc) is 2.99. The number of nitrogens with one attached hydrogen (secondary N) is 1. The molecule has 0 aliphatic carbocycles. The van der Waals surface area contributed by atoms with E-state index >= 15 is 0 Å². The van der Waals surface area contributed by atoms with Gasteiger partial charge in [-0.05, 0) is 37.8 Å². The molecule has 3 rings (SSSR count). The second-order valence-electron chi connectivity index (χ2n) is 5.78. The number of benzene rings is 1. The monoisotopic (exact) mass is 243 g/mol. The summed E-state index contributed by atoms with van der Waals surface area (Å²) in [7, 11) is 0. The maximum Gasteiger partial charge on any atom is 0.134 e. The minimum atomic E-state index is 0.257. The number of fused-ring (bicyclic) bond motifs is 1. The summed E-state index contributed by atoms with van der Waals surface area (Å²) in [6.07, 6.45) is 5.56. The van der Waals surface area contributed by atoms with Crippen molar-refractivity contribution in [3.8, 4) is 0 Å². The molecule has 0 amide bonds. The normalized spacial score (nSPS) is 24.2. The summed E-state index contributed by atoms with van der Waals surface area (Å²) < 4.78 is 5.66. The molecule has 18 heavy (non-hydrogen) atoms. The molecule has 1 aliphatic heterocycles. The molecule has 0 bridgehead atoms. The average molecular weight is 243 g/mol. The first-order chi connectivity index (χ1) is 8.71. The van der Waals surface area contributed by atoms with Crippen LogP contribution in [0.2, 0.25) is 0 Å². The van der Waals surface area contributed by atoms with Gasteiger partial charge in [-0.25, -0.2) is 0 Å². The van der Waals surface area contributed by atoms with Crippen LogP contribution in [0.5, 0.6) is 0 Å². The molecule has 2 heterocycles. The number of hydrogen-bond donors (Lipinski definition) is 1. The van der Waals surface area contributed by atoms with Gasteiger partial charge in [0.1, 0.15) is 5.58 Å². The Hall–Kier alpha value is -1.28. The van der Waals surface area contributed by atoms with Crippen molar-refractivity contribution in [3.63, 3.8) is 0 Å². The van der Waals surface area contributed by atoms with Crippen LogP contribution in [0.15, 0.2) is 34.9 Å². The van der Waals surface area contributed by atoms with Crippen molar-refractivity contribution >= 4 is 11.0 Å². The van der Waals surface area contributed by atoms with Crippen molar-refractivity contribution in [1.29, 1.82) is 0 Å². The molecule has 96 valence electrons. The Labute approximate surface area is 108 Å². The van der Waals surface area contributed by atoms with Crippen LogP contribution >= 0.6 is 0 Å². The van der Waals surface area contributed by atoms with Gasteiger partial charge in [0.05, 0.1) is 6.26 Å². The minimum Gasteiger partial charge on any atom is -0.464 e. The number of rotatable bonds is 3. The van der Waals surface area contributed by atoms with E-state index in [4.69, 9.17) is 4.42 Å². The van der Waals surface area contributed by atoms with Crippen molar-refractivity contribution in [2.45, 2.75) is 38.6 Å². The van der Waals surface area contributed by atoms with E-state index in [2.05, 4.69) is 31.3 Å². The molecule has 1 fully saturated rings. The third kappa shape index (κ3) is 1.85. The molecule has 1 aromatic carbocycles. The van der Waals surface area contributed by atoms with Crippen molar-refractivity contribution in [2.24, 2.45) is 5.92 Å². The molecule has 0 radical (unpaired) electrons. The lowest BCUT2D eigenvalue weighted by atomic mass is 9.80. The summed E-state index contributed by atoms with van der Waals surface area (Å²) in [5, 5.41) is 5.00. The highest BCUT2D eigenvalue weighted by molar-refractivity contribution is 5.81. The van der Waals surface area contributed by atoms with Gasteiger partial charge in [-0.1, -0.05) is 32.0 Å². The summed E-state index contributed by atoms with van der Waals surface area (Å²) in [5.41, 5.74) is 2.60. The number of para-hydroxylation sites is 1. The summed E-state index contributed by atoms with van der Waals surface area (Å²) in [4.78, 5) is 0. The van der Waals surface area contributed by atoms with E-state index in [-0.39, 0.29) is 5.54 Å². The van der Waals surface area contributed by atoms with Crippen LogP contribution in [-0.2, 0) is 6.42 Å². The van der Waals surface area contributed by atoms with Gasteiger partial charge in [0.2, 0.25) is 0 Å². The van der Waals surface area contributed by atoms with Crippen LogP contribution in [0.25, 0.3) is 11.0 Å². The van der Waals surface area contributed by atoms with Gasteiger partial charge in [0, 0.05) is 16.5 Å². The summed E-state index contributed by atoms with van der Waals surface area (Å²) in [5.74, 6) is 0.647. The highest BCUT2D eigenvalue weighted by Crippen LogP contribution is 2.34. The molecular weight excluding hydrogens is 222 g/mol. The Morgan fingerprint density at radius 3 is 2.89 bits per heavy atom. The lowest BCUT2D eigenvalue weighted by Gasteiger charge is -2.33. The van der Waals surface area contributed by atoms with E-state index in [9.17, 15) is 0 Å². The standard InChI is InChI=1S/C16H21NO/c1-12(2)16(8-5-9-17-16)10-13-11-18-15-7-4-3-6-14(13)15/h3-4,6-7,11-12,17H,5,8-10H2,1-2H3. The smallest absolute Gasteiger partial charge is 0.134 e. The third-order valence-corrected chi connectivity index (χ3v) is 4.45. The zero-order chi connectivity index (χ0) is 12.6. The first-order valence-electron chi connectivity index (χ1n) is 6.91.